The summed E-state index contributed by atoms with van der Waals surface area (Å²) in [7, 11) is 0. The van der Waals surface area contributed by atoms with E-state index in [1.807, 2.05) is 18.2 Å². The average Bonchev–Trinajstić information content (AvgIpc) is 3.36. The van der Waals surface area contributed by atoms with Gasteiger partial charge < -0.3 is 10.3 Å². The molecule has 1 aromatic carbocycles. The highest BCUT2D eigenvalue weighted by Crippen LogP contribution is 2.22. The maximum atomic E-state index is 12.6. The van der Waals surface area contributed by atoms with Gasteiger partial charge in [0.2, 0.25) is 0 Å². The summed E-state index contributed by atoms with van der Waals surface area (Å²) in [6, 6.07) is 12.0. The number of Topliss-reactive ketones (excluding diaryl/α,β-unsaturated/α-hetero) is 1. The third kappa shape index (κ3) is 3.57. The van der Waals surface area contributed by atoms with Crippen molar-refractivity contribution in [3.8, 4) is 5.82 Å². The number of amides is 1. The predicted molar refractivity (Wildman–Crippen MR) is 106 cm³/mol. The topological polar surface area (TPSA) is 115 Å². The summed E-state index contributed by atoms with van der Waals surface area (Å²) in [5.41, 5.74) is 1.48. The number of nitrogens with zero attached hydrogens (tertiary/aromatic N) is 4. The third-order valence-corrected chi connectivity index (χ3v) is 4.53. The molecule has 0 unspecified atom stereocenters. The van der Waals surface area contributed by atoms with Crippen LogP contribution in [0.4, 0.5) is 0 Å². The number of aromatic amines is 1. The molecule has 1 amide bonds. The number of aromatic nitrogens is 5. The van der Waals surface area contributed by atoms with Gasteiger partial charge in [0.1, 0.15) is 0 Å². The van der Waals surface area contributed by atoms with E-state index in [1.165, 1.54) is 15.4 Å². The zero-order valence-electron chi connectivity index (χ0n) is 15.6. The lowest BCUT2D eigenvalue weighted by Crippen LogP contribution is -2.36. The lowest BCUT2D eigenvalue weighted by Gasteiger charge is -2.08. The van der Waals surface area contributed by atoms with Crippen LogP contribution in [-0.4, -0.2) is 42.8 Å². The molecular weight excluding hydrogens is 372 g/mol. The molecule has 29 heavy (non-hydrogen) atoms. The molecule has 0 fully saturated rings. The number of carbonyl (C=O) groups excluding carboxylic acids is 2. The SMILES string of the molecule is Cc1[nH]c2ccccc2c1C(=O)C(=O)NCCn1nc(-n2cccn2)ccc1=O. The Balaban J connectivity index is 1.45. The lowest BCUT2D eigenvalue weighted by atomic mass is 10.1. The smallest absolute Gasteiger partial charge is 0.292 e. The van der Waals surface area contributed by atoms with Crippen molar-refractivity contribution in [3.05, 3.63) is 76.5 Å². The van der Waals surface area contributed by atoms with Gasteiger partial charge in [-0.3, -0.25) is 14.4 Å². The minimum absolute atomic E-state index is 0.0848. The molecule has 0 spiro atoms. The molecule has 0 radical (unpaired) electrons. The number of hydrogen-bond donors (Lipinski definition) is 2. The summed E-state index contributed by atoms with van der Waals surface area (Å²) in [5.74, 6) is -0.869. The Hall–Kier alpha value is -4.01. The monoisotopic (exact) mass is 390 g/mol. The van der Waals surface area contributed by atoms with Crippen molar-refractivity contribution in [1.29, 1.82) is 0 Å². The number of hydrogen-bond acceptors (Lipinski definition) is 5. The van der Waals surface area contributed by atoms with Crippen LogP contribution in [0.1, 0.15) is 16.1 Å². The highest BCUT2D eigenvalue weighted by molar-refractivity contribution is 6.45. The first-order chi connectivity index (χ1) is 14.0. The maximum Gasteiger partial charge on any atom is 0.292 e. The molecule has 0 saturated carbocycles. The summed E-state index contributed by atoms with van der Waals surface area (Å²) in [4.78, 5) is 40.1. The van der Waals surface area contributed by atoms with Gasteiger partial charge in [0, 0.05) is 41.6 Å². The Labute approximate surface area is 165 Å². The summed E-state index contributed by atoms with van der Waals surface area (Å²) < 4.78 is 2.75. The lowest BCUT2D eigenvalue weighted by molar-refractivity contribution is -0.117. The maximum absolute atomic E-state index is 12.6. The van der Waals surface area contributed by atoms with Crippen molar-refractivity contribution in [2.75, 3.05) is 6.54 Å². The van der Waals surface area contributed by atoms with E-state index in [9.17, 15) is 14.4 Å². The number of carbonyl (C=O) groups is 2. The third-order valence-electron chi connectivity index (χ3n) is 4.53. The number of H-pyrrole nitrogens is 1. The Morgan fingerprint density at radius 2 is 1.97 bits per heavy atom. The zero-order chi connectivity index (χ0) is 20.4. The molecule has 0 atom stereocenters. The molecule has 4 aromatic rings. The molecule has 4 rings (SSSR count). The second kappa shape index (κ2) is 7.55. The first-order valence-electron chi connectivity index (χ1n) is 9.02. The van der Waals surface area contributed by atoms with Crippen LogP contribution in [0.3, 0.4) is 0 Å². The van der Waals surface area contributed by atoms with Gasteiger partial charge in [-0.15, -0.1) is 5.10 Å². The van der Waals surface area contributed by atoms with Gasteiger partial charge in [0.25, 0.3) is 17.2 Å². The summed E-state index contributed by atoms with van der Waals surface area (Å²) >= 11 is 0. The molecule has 9 nitrogen and oxygen atoms in total. The molecule has 0 saturated heterocycles. The van der Waals surface area contributed by atoms with Crippen LogP contribution < -0.4 is 10.9 Å². The van der Waals surface area contributed by atoms with Crippen molar-refractivity contribution < 1.29 is 9.59 Å². The molecule has 2 N–H and O–H groups in total. The Bertz CT molecular complexity index is 1250. The van der Waals surface area contributed by atoms with E-state index in [0.29, 0.717) is 22.5 Å². The number of rotatable bonds is 6. The van der Waals surface area contributed by atoms with Crippen LogP contribution in [0.15, 0.2) is 59.7 Å². The number of nitrogens with one attached hydrogen (secondary N) is 2. The highest BCUT2D eigenvalue weighted by Gasteiger charge is 2.22. The van der Waals surface area contributed by atoms with Crippen molar-refractivity contribution in [2.24, 2.45) is 0 Å². The standard InChI is InChI=1S/C20H18N6O3/c1-13-18(14-5-2-3-6-15(14)23-13)19(28)20(29)21-10-12-26-17(27)8-7-16(24-26)25-11-4-9-22-25/h2-9,11,23H,10,12H2,1H3,(H,21,29). The van der Waals surface area contributed by atoms with E-state index >= 15 is 0 Å². The molecule has 9 heteroatoms. The minimum atomic E-state index is -0.728. The van der Waals surface area contributed by atoms with Gasteiger partial charge in [0.15, 0.2) is 5.82 Å². The van der Waals surface area contributed by atoms with Crippen LogP contribution in [0.2, 0.25) is 0 Å². The van der Waals surface area contributed by atoms with Gasteiger partial charge in [-0.2, -0.15) is 5.10 Å². The first-order valence-corrected chi connectivity index (χ1v) is 9.02. The van der Waals surface area contributed by atoms with Gasteiger partial charge in [-0.1, -0.05) is 18.2 Å². The average molecular weight is 390 g/mol. The number of para-hydroxylation sites is 1. The molecule has 3 aromatic heterocycles. The van der Waals surface area contributed by atoms with E-state index < -0.39 is 11.7 Å². The fourth-order valence-electron chi connectivity index (χ4n) is 3.16. The molecule has 0 aliphatic rings. The summed E-state index contributed by atoms with van der Waals surface area (Å²) in [5, 5.41) is 11.6. The summed E-state index contributed by atoms with van der Waals surface area (Å²) in [6.45, 7) is 1.96. The Morgan fingerprint density at radius 3 is 2.76 bits per heavy atom. The van der Waals surface area contributed by atoms with E-state index in [1.54, 1.807) is 37.5 Å². The second-order valence-electron chi connectivity index (χ2n) is 6.46. The molecule has 0 bridgehead atoms. The molecule has 0 aliphatic heterocycles. The van der Waals surface area contributed by atoms with Gasteiger partial charge in [-0.25, -0.2) is 9.36 Å². The van der Waals surface area contributed by atoms with E-state index in [0.717, 1.165) is 5.52 Å². The van der Waals surface area contributed by atoms with Crippen molar-refractivity contribution >= 4 is 22.6 Å². The number of ketones is 1. The Morgan fingerprint density at radius 1 is 1.14 bits per heavy atom. The normalized spacial score (nSPS) is 10.9. The van der Waals surface area contributed by atoms with E-state index in [2.05, 4.69) is 20.5 Å². The molecule has 0 aliphatic carbocycles. The number of fused-ring (bicyclic) bond motifs is 1. The second-order valence-corrected chi connectivity index (χ2v) is 6.46. The zero-order valence-corrected chi connectivity index (χ0v) is 15.6. The van der Waals surface area contributed by atoms with Crippen LogP contribution in [0, 0.1) is 6.92 Å². The fourth-order valence-corrected chi connectivity index (χ4v) is 3.16. The number of benzene rings is 1. The molecule has 3 heterocycles. The predicted octanol–water partition coefficient (Wildman–Crippen LogP) is 1.22. The van der Waals surface area contributed by atoms with E-state index in [4.69, 9.17) is 0 Å². The van der Waals surface area contributed by atoms with Crippen molar-refractivity contribution in [3.63, 3.8) is 0 Å². The van der Waals surface area contributed by atoms with Crippen molar-refractivity contribution in [1.82, 2.24) is 29.9 Å². The minimum Gasteiger partial charge on any atom is -0.358 e. The first kappa shape index (κ1) is 18.4. The summed E-state index contributed by atoms with van der Waals surface area (Å²) in [6.07, 6.45) is 3.32. The molecule has 146 valence electrons. The van der Waals surface area contributed by atoms with Crippen molar-refractivity contribution in [2.45, 2.75) is 13.5 Å². The van der Waals surface area contributed by atoms with E-state index in [-0.39, 0.29) is 18.6 Å². The van der Waals surface area contributed by atoms with Crippen LogP contribution in [0.25, 0.3) is 16.7 Å². The quantitative estimate of drug-likeness (QED) is 0.379. The van der Waals surface area contributed by atoms with Gasteiger partial charge >= 0.3 is 0 Å². The van der Waals surface area contributed by atoms with Gasteiger partial charge in [-0.05, 0) is 25.1 Å². The fraction of sp³-hybridized carbons (Fsp3) is 0.150. The Kier molecular flexibility index (Phi) is 4.78. The van der Waals surface area contributed by atoms with Crippen LogP contribution in [-0.2, 0) is 11.3 Å². The molecular formula is C20H18N6O3. The van der Waals surface area contributed by atoms with Crippen LogP contribution in [0.5, 0.6) is 0 Å². The van der Waals surface area contributed by atoms with Gasteiger partial charge in [0.05, 0.1) is 12.1 Å². The highest BCUT2D eigenvalue weighted by atomic mass is 16.2. The van der Waals surface area contributed by atoms with Crippen LogP contribution >= 0.6 is 0 Å². The number of aryl methyl sites for hydroxylation is 1. The largest absolute Gasteiger partial charge is 0.358 e.